The molecule has 0 unspecified atom stereocenters. The van der Waals surface area contributed by atoms with Gasteiger partial charge in [-0.15, -0.1) is 0 Å². The average molecular weight is 232 g/mol. The van der Waals surface area contributed by atoms with Crippen LogP contribution in [-0.4, -0.2) is 12.0 Å². The lowest BCUT2D eigenvalue weighted by atomic mass is 10.1. The maximum atomic E-state index is 8.98. The van der Waals surface area contributed by atoms with Crippen molar-refractivity contribution in [2.24, 2.45) is 0 Å². The third-order valence-electron chi connectivity index (χ3n) is 2.50. The summed E-state index contributed by atoms with van der Waals surface area (Å²) in [6, 6.07) is 5.80. The van der Waals surface area contributed by atoms with Gasteiger partial charge in [-0.05, 0) is 24.6 Å². The first-order valence-corrected chi connectivity index (χ1v) is 5.22. The number of fused-ring (bicyclic) bond motifs is 1. The lowest BCUT2D eigenvalue weighted by molar-refractivity contribution is 1.33. The predicted octanol–water partition coefficient (Wildman–Crippen LogP) is 3.11. The van der Waals surface area contributed by atoms with E-state index in [1.807, 2.05) is 19.1 Å². The first-order valence-electron chi connectivity index (χ1n) is 4.84. The Balaban J connectivity index is 2.93. The summed E-state index contributed by atoms with van der Waals surface area (Å²) >= 11 is 6.01. The fraction of sp³-hybridized carbons (Fsp3) is 0.167. The van der Waals surface area contributed by atoms with Crippen molar-refractivity contribution in [3.8, 4) is 6.07 Å². The van der Waals surface area contributed by atoms with E-state index in [2.05, 4.69) is 16.4 Å². The zero-order valence-electron chi connectivity index (χ0n) is 9.00. The number of halogens is 1. The lowest BCUT2D eigenvalue weighted by Crippen LogP contribution is -1.96. The molecule has 0 amide bonds. The Morgan fingerprint density at radius 2 is 2.19 bits per heavy atom. The van der Waals surface area contributed by atoms with Crippen LogP contribution in [0.3, 0.4) is 0 Å². The van der Waals surface area contributed by atoms with Crippen LogP contribution in [0.1, 0.15) is 11.1 Å². The van der Waals surface area contributed by atoms with Crippen LogP contribution in [0.5, 0.6) is 0 Å². The number of hydrogen-bond donors (Lipinski definition) is 1. The molecule has 0 spiro atoms. The van der Waals surface area contributed by atoms with Gasteiger partial charge >= 0.3 is 0 Å². The Bertz CT molecular complexity index is 599. The lowest BCUT2D eigenvalue weighted by Gasteiger charge is -2.09. The van der Waals surface area contributed by atoms with E-state index < -0.39 is 0 Å². The number of nitriles is 1. The maximum absolute atomic E-state index is 8.98. The first-order chi connectivity index (χ1) is 7.67. The molecular formula is C12H10ClN3. The van der Waals surface area contributed by atoms with Crippen LogP contribution in [0.15, 0.2) is 18.3 Å². The molecule has 1 heterocycles. The molecule has 16 heavy (non-hydrogen) atoms. The number of aryl methyl sites for hydroxylation is 1. The molecule has 0 atom stereocenters. The zero-order valence-corrected chi connectivity index (χ0v) is 9.76. The molecule has 0 saturated heterocycles. The molecule has 1 aromatic heterocycles. The Morgan fingerprint density at radius 1 is 1.44 bits per heavy atom. The highest BCUT2D eigenvalue weighted by Crippen LogP contribution is 2.29. The van der Waals surface area contributed by atoms with E-state index in [4.69, 9.17) is 16.9 Å². The second kappa shape index (κ2) is 3.99. The first kappa shape index (κ1) is 10.7. The second-order valence-electron chi connectivity index (χ2n) is 3.53. The highest BCUT2D eigenvalue weighted by atomic mass is 35.5. The van der Waals surface area contributed by atoms with Crippen molar-refractivity contribution >= 4 is 28.2 Å². The van der Waals surface area contributed by atoms with Gasteiger partial charge in [0.1, 0.15) is 6.07 Å². The van der Waals surface area contributed by atoms with Gasteiger partial charge in [-0.3, -0.25) is 4.98 Å². The summed E-state index contributed by atoms with van der Waals surface area (Å²) in [5, 5.41) is 13.5. The van der Waals surface area contributed by atoms with E-state index in [9.17, 15) is 0 Å². The van der Waals surface area contributed by atoms with Gasteiger partial charge in [0.25, 0.3) is 0 Å². The molecule has 0 saturated carbocycles. The fourth-order valence-corrected chi connectivity index (χ4v) is 2.06. The molecule has 3 nitrogen and oxygen atoms in total. The quantitative estimate of drug-likeness (QED) is 0.821. The summed E-state index contributed by atoms with van der Waals surface area (Å²) in [5.41, 5.74) is 3.17. The van der Waals surface area contributed by atoms with Gasteiger partial charge in [-0.1, -0.05) is 11.6 Å². The minimum atomic E-state index is 0.525. The van der Waals surface area contributed by atoms with Crippen LogP contribution >= 0.6 is 11.6 Å². The van der Waals surface area contributed by atoms with Gasteiger partial charge < -0.3 is 5.32 Å². The van der Waals surface area contributed by atoms with Crippen molar-refractivity contribution in [2.45, 2.75) is 6.92 Å². The van der Waals surface area contributed by atoms with Crippen LogP contribution in [0.2, 0.25) is 5.02 Å². The van der Waals surface area contributed by atoms with E-state index in [0.29, 0.717) is 10.6 Å². The van der Waals surface area contributed by atoms with E-state index in [1.165, 1.54) is 0 Å². The number of rotatable bonds is 1. The molecule has 0 aliphatic rings. The van der Waals surface area contributed by atoms with Crippen LogP contribution in [0.25, 0.3) is 10.9 Å². The number of nitrogens with one attached hydrogen (secondary N) is 1. The monoisotopic (exact) mass is 231 g/mol. The Hall–Kier alpha value is -1.79. The summed E-state index contributed by atoms with van der Waals surface area (Å²) in [4.78, 5) is 4.28. The largest absolute Gasteiger partial charge is 0.386 e. The van der Waals surface area contributed by atoms with Crippen LogP contribution < -0.4 is 5.32 Å². The number of pyridine rings is 1. The van der Waals surface area contributed by atoms with Crippen molar-refractivity contribution in [1.82, 2.24) is 4.98 Å². The smallest absolute Gasteiger partial charge is 0.103 e. The van der Waals surface area contributed by atoms with E-state index in [0.717, 1.165) is 22.2 Å². The zero-order chi connectivity index (χ0) is 11.7. The highest BCUT2D eigenvalue weighted by Gasteiger charge is 2.09. The van der Waals surface area contributed by atoms with Gasteiger partial charge in [0.05, 0.1) is 16.8 Å². The summed E-state index contributed by atoms with van der Waals surface area (Å²) in [5.74, 6) is 0. The van der Waals surface area contributed by atoms with Gasteiger partial charge in [0.15, 0.2) is 0 Å². The summed E-state index contributed by atoms with van der Waals surface area (Å²) in [6.45, 7) is 1.95. The summed E-state index contributed by atoms with van der Waals surface area (Å²) in [6.07, 6.45) is 1.58. The Morgan fingerprint density at radius 3 is 2.81 bits per heavy atom. The summed E-state index contributed by atoms with van der Waals surface area (Å²) in [7, 11) is 1.78. The molecule has 0 aliphatic carbocycles. The maximum Gasteiger partial charge on any atom is 0.103 e. The predicted molar refractivity (Wildman–Crippen MR) is 65.8 cm³/mol. The topological polar surface area (TPSA) is 48.7 Å². The van der Waals surface area contributed by atoms with Gasteiger partial charge in [0.2, 0.25) is 0 Å². The number of nitrogens with zero attached hydrogens (tertiary/aromatic N) is 2. The molecule has 0 aliphatic heterocycles. The third-order valence-corrected chi connectivity index (χ3v) is 2.72. The molecule has 1 N–H and O–H groups in total. The fourth-order valence-electron chi connectivity index (χ4n) is 1.79. The molecule has 4 heteroatoms. The van der Waals surface area contributed by atoms with Crippen molar-refractivity contribution in [3.63, 3.8) is 0 Å². The average Bonchev–Trinajstić information content (AvgIpc) is 2.27. The van der Waals surface area contributed by atoms with E-state index in [1.54, 1.807) is 13.2 Å². The minimum absolute atomic E-state index is 0.525. The van der Waals surface area contributed by atoms with Gasteiger partial charge in [-0.25, -0.2) is 0 Å². The molecule has 0 fully saturated rings. The molecule has 1 aromatic carbocycles. The van der Waals surface area contributed by atoms with E-state index in [-0.39, 0.29) is 0 Å². The second-order valence-corrected chi connectivity index (χ2v) is 3.96. The molecule has 0 bridgehead atoms. The SMILES string of the molecule is CNc1c(C#N)cnc2c(C)cc(Cl)cc12. The minimum Gasteiger partial charge on any atom is -0.386 e. The number of benzene rings is 1. The molecular weight excluding hydrogens is 222 g/mol. The van der Waals surface area contributed by atoms with Gasteiger partial charge in [-0.2, -0.15) is 5.26 Å². The van der Waals surface area contributed by atoms with Gasteiger partial charge in [0, 0.05) is 23.7 Å². The normalized spacial score (nSPS) is 10.1. The Labute approximate surface area is 98.7 Å². The summed E-state index contributed by atoms with van der Waals surface area (Å²) < 4.78 is 0. The van der Waals surface area contributed by atoms with Crippen LogP contribution in [0, 0.1) is 18.3 Å². The molecule has 2 aromatic rings. The highest BCUT2D eigenvalue weighted by molar-refractivity contribution is 6.31. The van der Waals surface area contributed by atoms with Crippen LogP contribution in [0.4, 0.5) is 5.69 Å². The number of aromatic nitrogens is 1. The molecule has 2 rings (SSSR count). The van der Waals surface area contributed by atoms with Crippen molar-refractivity contribution in [1.29, 1.82) is 5.26 Å². The van der Waals surface area contributed by atoms with Crippen molar-refractivity contribution < 1.29 is 0 Å². The van der Waals surface area contributed by atoms with Crippen molar-refractivity contribution in [2.75, 3.05) is 12.4 Å². The number of anilines is 1. The third kappa shape index (κ3) is 1.58. The van der Waals surface area contributed by atoms with E-state index >= 15 is 0 Å². The Kier molecular flexibility index (Phi) is 2.67. The molecule has 0 radical (unpaired) electrons. The number of hydrogen-bond acceptors (Lipinski definition) is 3. The van der Waals surface area contributed by atoms with Crippen molar-refractivity contribution in [3.05, 3.63) is 34.5 Å². The standard InChI is InChI=1S/C12H10ClN3/c1-7-3-9(13)4-10-11(7)16-6-8(5-14)12(10)15-2/h3-4,6H,1-2H3,(H,15,16). The molecule has 80 valence electrons. The van der Waals surface area contributed by atoms with Crippen LogP contribution in [-0.2, 0) is 0 Å².